The number of hydrogen-bond acceptors (Lipinski definition) is 1. The molecule has 0 atom stereocenters. The fraction of sp³-hybridized carbons (Fsp3) is 1.00. The van der Waals surface area contributed by atoms with Gasteiger partial charge in [-0.1, -0.05) is 22.4 Å². The van der Waals surface area contributed by atoms with Crippen LogP contribution in [0.3, 0.4) is 0 Å². The molecule has 0 aromatic rings. The van der Waals surface area contributed by atoms with Crippen molar-refractivity contribution in [2.24, 2.45) is 0 Å². The highest BCUT2D eigenvalue weighted by molar-refractivity contribution is 9.08. The fourth-order valence-corrected chi connectivity index (χ4v) is 2.60. The Bertz CT molecular complexity index is 169. The van der Waals surface area contributed by atoms with Crippen molar-refractivity contribution in [3.63, 3.8) is 0 Å². The van der Waals surface area contributed by atoms with Crippen LogP contribution in [0.1, 0.15) is 38.5 Å². The summed E-state index contributed by atoms with van der Waals surface area (Å²) in [4.78, 5) is 2.29. The number of hydrogen-bond donors (Lipinski definition) is 0. The van der Waals surface area contributed by atoms with Crippen LogP contribution in [-0.2, 0) is 0 Å². The molecule has 0 amide bonds. The zero-order chi connectivity index (χ0) is 13.1. The van der Waals surface area contributed by atoms with Gasteiger partial charge in [0.1, 0.15) is 0 Å². The molecule has 4 heteroatoms. The molecular formula is C14H32Br2N2. The third kappa shape index (κ3) is 10.8. The average Bonchev–Trinajstić information content (AvgIpc) is 2.73. The molecule has 1 fully saturated rings. The molecule has 0 bridgehead atoms. The van der Waals surface area contributed by atoms with Crippen molar-refractivity contribution in [2.45, 2.75) is 38.5 Å². The molecule has 0 saturated carbocycles. The Morgan fingerprint density at radius 1 is 0.944 bits per heavy atom. The van der Waals surface area contributed by atoms with Gasteiger partial charge >= 0.3 is 0 Å². The van der Waals surface area contributed by atoms with Crippen molar-refractivity contribution in [3.8, 4) is 0 Å². The van der Waals surface area contributed by atoms with E-state index in [9.17, 15) is 0 Å². The van der Waals surface area contributed by atoms with Gasteiger partial charge in [-0.2, -0.15) is 0 Å². The molecule has 0 spiro atoms. The van der Waals surface area contributed by atoms with Crippen molar-refractivity contribution in [3.05, 3.63) is 0 Å². The first kappa shape index (κ1) is 21.2. The van der Waals surface area contributed by atoms with E-state index in [2.05, 4.69) is 42.0 Å². The average molecular weight is 388 g/mol. The minimum absolute atomic E-state index is 0. The van der Waals surface area contributed by atoms with Gasteiger partial charge in [0, 0.05) is 12.8 Å². The van der Waals surface area contributed by atoms with Crippen molar-refractivity contribution in [2.75, 3.05) is 53.2 Å². The monoisotopic (exact) mass is 386 g/mol. The Morgan fingerprint density at radius 3 is 1.94 bits per heavy atom. The third-order valence-corrected chi connectivity index (χ3v) is 3.70. The van der Waals surface area contributed by atoms with E-state index in [1.165, 1.54) is 69.2 Å². The van der Waals surface area contributed by atoms with Crippen LogP contribution >= 0.6 is 15.9 Å². The molecule has 1 rings (SSSR count). The molecule has 0 radical (unpaired) electrons. The summed E-state index contributed by atoms with van der Waals surface area (Å²) in [7, 11) is 6.76. The lowest BCUT2D eigenvalue weighted by Gasteiger charge is -2.29. The number of nitrogens with zero attached hydrogens (tertiary/aromatic N) is 2. The summed E-state index contributed by atoms with van der Waals surface area (Å²) >= 11 is 2.94. The molecule has 0 aliphatic carbocycles. The zero-order valence-corrected chi connectivity index (χ0v) is 15.9. The number of unbranched alkanes of at least 4 members (excludes halogenated alkanes) is 3. The molecule has 0 unspecified atom stereocenters. The first-order chi connectivity index (χ1) is 8.12. The van der Waals surface area contributed by atoms with Gasteiger partial charge in [0.15, 0.2) is 0 Å². The summed E-state index contributed by atoms with van der Waals surface area (Å²) in [6.07, 6.45) is 8.56. The van der Waals surface area contributed by atoms with E-state index >= 15 is 0 Å². The maximum absolute atomic E-state index is 2.94. The SMILES string of the molecule is CBr.CN(C)CCCCCC[N+]1(C)CCCC1.[Br-]. The van der Waals surface area contributed by atoms with E-state index in [0.29, 0.717) is 0 Å². The van der Waals surface area contributed by atoms with Crippen LogP contribution in [0.5, 0.6) is 0 Å². The molecule has 1 saturated heterocycles. The summed E-state index contributed by atoms with van der Waals surface area (Å²) in [6, 6.07) is 0. The van der Waals surface area contributed by atoms with E-state index in [1.807, 2.05) is 5.83 Å². The number of rotatable bonds is 7. The topological polar surface area (TPSA) is 3.24 Å². The number of halogens is 2. The number of quaternary nitrogens is 1. The molecule has 112 valence electrons. The lowest BCUT2D eigenvalue weighted by molar-refractivity contribution is -0.897. The zero-order valence-electron chi connectivity index (χ0n) is 12.7. The Balaban J connectivity index is 0. The molecule has 1 aliphatic rings. The van der Waals surface area contributed by atoms with Crippen LogP contribution < -0.4 is 17.0 Å². The van der Waals surface area contributed by atoms with Crippen LogP contribution in [0, 0.1) is 0 Å². The smallest absolute Gasteiger partial charge is 0.0786 e. The molecule has 0 aromatic carbocycles. The number of alkyl halides is 1. The largest absolute Gasteiger partial charge is 1.00 e. The van der Waals surface area contributed by atoms with Crippen molar-refractivity contribution in [1.29, 1.82) is 0 Å². The van der Waals surface area contributed by atoms with Crippen LogP contribution in [0.15, 0.2) is 0 Å². The molecule has 1 heterocycles. The second-order valence-electron chi connectivity index (χ2n) is 5.71. The van der Waals surface area contributed by atoms with Gasteiger partial charge in [-0.15, -0.1) is 0 Å². The lowest BCUT2D eigenvalue weighted by atomic mass is 10.2. The van der Waals surface area contributed by atoms with Gasteiger partial charge in [0.2, 0.25) is 0 Å². The molecule has 2 nitrogen and oxygen atoms in total. The number of likely N-dealkylation sites (tertiary alicyclic amines) is 1. The highest BCUT2D eigenvalue weighted by Gasteiger charge is 2.25. The van der Waals surface area contributed by atoms with Gasteiger partial charge in [0.25, 0.3) is 0 Å². The maximum Gasteiger partial charge on any atom is 0.0786 e. The van der Waals surface area contributed by atoms with Gasteiger partial charge in [-0.3, -0.25) is 0 Å². The third-order valence-electron chi connectivity index (χ3n) is 3.70. The Morgan fingerprint density at radius 2 is 1.44 bits per heavy atom. The normalized spacial score (nSPS) is 17.0. The van der Waals surface area contributed by atoms with Gasteiger partial charge in [-0.05, 0) is 45.7 Å². The van der Waals surface area contributed by atoms with Gasteiger partial charge in [0.05, 0.1) is 26.7 Å². The molecule has 18 heavy (non-hydrogen) atoms. The summed E-state index contributed by atoms with van der Waals surface area (Å²) in [5, 5.41) is 0. The summed E-state index contributed by atoms with van der Waals surface area (Å²) < 4.78 is 1.35. The van der Waals surface area contributed by atoms with E-state index < -0.39 is 0 Å². The van der Waals surface area contributed by atoms with Crippen LogP contribution in [0.4, 0.5) is 0 Å². The Labute approximate surface area is 134 Å². The second-order valence-corrected chi connectivity index (χ2v) is 5.71. The first-order valence-corrected chi connectivity index (χ1v) is 8.57. The second kappa shape index (κ2) is 12.9. The Hall–Kier alpha value is 0.880. The highest BCUT2D eigenvalue weighted by Crippen LogP contribution is 2.17. The fourth-order valence-electron chi connectivity index (χ4n) is 2.60. The maximum atomic E-state index is 2.94. The predicted octanol–water partition coefficient (Wildman–Crippen LogP) is 0.364. The quantitative estimate of drug-likeness (QED) is 0.346. The van der Waals surface area contributed by atoms with Crippen LogP contribution in [0.25, 0.3) is 0 Å². The van der Waals surface area contributed by atoms with Gasteiger partial charge < -0.3 is 26.4 Å². The minimum atomic E-state index is 0. The van der Waals surface area contributed by atoms with Crippen molar-refractivity contribution < 1.29 is 21.5 Å². The summed E-state index contributed by atoms with van der Waals surface area (Å²) in [5.74, 6) is 1.81. The minimum Gasteiger partial charge on any atom is -1.00 e. The van der Waals surface area contributed by atoms with Crippen LogP contribution in [0.2, 0.25) is 0 Å². The molecule has 1 aliphatic heterocycles. The van der Waals surface area contributed by atoms with Crippen LogP contribution in [-0.4, -0.2) is 62.5 Å². The first-order valence-electron chi connectivity index (χ1n) is 6.98. The van der Waals surface area contributed by atoms with E-state index in [0.717, 1.165) is 0 Å². The summed E-state index contributed by atoms with van der Waals surface area (Å²) in [6.45, 7) is 5.53. The van der Waals surface area contributed by atoms with E-state index in [-0.39, 0.29) is 17.0 Å². The molecule has 0 aromatic heterocycles. The van der Waals surface area contributed by atoms with E-state index in [4.69, 9.17) is 0 Å². The Kier molecular flexibility index (Phi) is 15.2. The molecule has 0 N–H and O–H groups in total. The lowest BCUT2D eigenvalue weighted by Crippen LogP contribution is -3.00. The van der Waals surface area contributed by atoms with Crippen molar-refractivity contribution >= 4 is 15.9 Å². The molecular weight excluding hydrogens is 356 g/mol. The van der Waals surface area contributed by atoms with Crippen molar-refractivity contribution in [1.82, 2.24) is 4.90 Å². The summed E-state index contributed by atoms with van der Waals surface area (Å²) in [5.41, 5.74) is 0. The standard InChI is InChI=1S/C13H29N2.CH3Br.BrH/c1-14(2)10-6-4-5-7-11-15(3)12-8-9-13-15;1-2;/h4-13H2,1-3H3;1H3;1H/q+1;;/p-1. The van der Waals surface area contributed by atoms with E-state index in [1.54, 1.807) is 0 Å². The van der Waals surface area contributed by atoms with Gasteiger partial charge in [-0.25, -0.2) is 0 Å². The highest BCUT2D eigenvalue weighted by atomic mass is 79.9. The predicted molar refractivity (Wildman–Crippen MR) is 81.9 cm³/mol.